The van der Waals surface area contributed by atoms with Gasteiger partial charge >= 0.3 is 0 Å². The first-order valence-corrected chi connectivity index (χ1v) is 7.73. The number of rotatable bonds is 3. The Hall–Kier alpha value is -0.810. The van der Waals surface area contributed by atoms with Crippen LogP contribution in [0.1, 0.15) is 33.6 Å². The lowest BCUT2D eigenvalue weighted by atomic mass is 9.87. The number of guanidine groups is 1. The molecule has 1 atom stereocenters. The first kappa shape index (κ1) is 15.6. The van der Waals surface area contributed by atoms with E-state index in [2.05, 4.69) is 41.3 Å². The average Bonchev–Trinajstić information content (AvgIpc) is 2.99. The molecular formula is C15H30N4O. The Morgan fingerprint density at radius 3 is 2.70 bits per heavy atom. The van der Waals surface area contributed by atoms with Crippen LogP contribution in [0.25, 0.3) is 0 Å². The van der Waals surface area contributed by atoms with Crippen LogP contribution in [0.2, 0.25) is 0 Å². The molecule has 0 aromatic heterocycles. The molecule has 5 heteroatoms. The standard InChI is InChI=1S/C15H30N4O/c1-14(2,3)18-8-7-17-13(16-4)19-9-5-15(11-19)6-10-20-12-15/h18H,5-12H2,1-4H3,(H,16,17). The van der Waals surface area contributed by atoms with Crippen LogP contribution in [0, 0.1) is 5.41 Å². The summed E-state index contributed by atoms with van der Waals surface area (Å²) in [5, 5.41) is 6.95. The van der Waals surface area contributed by atoms with Gasteiger partial charge in [-0.3, -0.25) is 4.99 Å². The summed E-state index contributed by atoms with van der Waals surface area (Å²) in [7, 11) is 1.87. The maximum atomic E-state index is 5.58. The van der Waals surface area contributed by atoms with Crippen molar-refractivity contribution in [1.82, 2.24) is 15.5 Å². The van der Waals surface area contributed by atoms with E-state index in [0.717, 1.165) is 45.4 Å². The normalized spacial score (nSPS) is 27.6. The number of aliphatic imine (C=N–C) groups is 1. The van der Waals surface area contributed by atoms with E-state index in [-0.39, 0.29) is 5.54 Å². The van der Waals surface area contributed by atoms with Crippen LogP contribution in [0.3, 0.4) is 0 Å². The van der Waals surface area contributed by atoms with Crippen LogP contribution < -0.4 is 10.6 Å². The number of nitrogens with zero attached hydrogens (tertiary/aromatic N) is 2. The highest BCUT2D eigenvalue weighted by atomic mass is 16.5. The van der Waals surface area contributed by atoms with Crippen LogP contribution in [0.4, 0.5) is 0 Å². The second-order valence-corrected chi connectivity index (χ2v) is 7.12. The first-order valence-electron chi connectivity index (χ1n) is 7.73. The van der Waals surface area contributed by atoms with E-state index in [0.29, 0.717) is 5.41 Å². The highest BCUT2D eigenvalue weighted by Crippen LogP contribution is 2.37. The Bertz CT molecular complexity index is 342. The van der Waals surface area contributed by atoms with E-state index in [9.17, 15) is 0 Å². The summed E-state index contributed by atoms with van der Waals surface area (Å²) in [6, 6.07) is 0. The summed E-state index contributed by atoms with van der Waals surface area (Å²) < 4.78 is 5.58. The molecule has 1 spiro atoms. The monoisotopic (exact) mass is 282 g/mol. The third kappa shape index (κ3) is 4.09. The van der Waals surface area contributed by atoms with Crippen molar-refractivity contribution in [1.29, 1.82) is 0 Å². The van der Waals surface area contributed by atoms with E-state index >= 15 is 0 Å². The predicted octanol–water partition coefficient (Wildman–Crippen LogP) is 1.06. The van der Waals surface area contributed by atoms with Crippen molar-refractivity contribution < 1.29 is 4.74 Å². The zero-order chi connectivity index (χ0) is 14.6. The van der Waals surface area contributed by atoms with Gasteiger partial charge in [0, 0.05) is 50.8 Å². The Labute approximate surface area is 123 Å². The molecule has 0 bridgehead atoms. The molecule has 0 amide bonds. The highest BCUT2D eigenvalue weighted by molar-refractivity contribution is 5.80. The molecule has 2 heterocycles. The van der Waals surface area contributed by atoms with Gasteiger partial charge in [0.25, 0.3) is 0 Å². The average molecular weight is 282 g/mol. The summed E-state index contributed by atoms with van der Waals surface area (Å²) in [6.07, 6.45) is 2.43. The van der Waals surface area contributed by atoms with Crippen molar-refractivity contribution in [2.24, 2.45) is 10.4 Å². The second kappa shape index (κ2) is 6.31. The third-order valence-corrected chi connectivity index (χ3v) is 4.20. The molecule has 2 saturated heterocycles. The molecule has 116 valence electrons. The van der Waals surface area contributed by atoms with Gasteiger partial charge in [-0.25, -0.2) is 0 Å². The van der Waals surface area contributed by atoms with Crippen LogP contribution in [-0.2, 0) is 4.74 Å². The zero-order valence-electron chi connectivity index (χ0n) is 13.5. The molecule has 0 aliphatic carbocycles. The lowest BCUT2D eigenvalue weighted by molar-refractivity contribution is 0.156. The van der Waals surface area contributed by atoms with Gasteiger partial charge in [-0.1, -0.05) is 0 Å². The lowest BCUT2D eigenvalue weighted by Gasteiger charge is -2.26. The van der Waals surface area contributed by atoms with E-state index in [1.54, 1.807) is 0 Å². The summed E-state index contributed by atoms with van der Waals surface area (Å²) >= 11 is 0. The quantitative estimate of drug-likeness (QED) is 0.462. The van der Waals surface area contributed by atoms with E-state index in [1.807, 2.05) is 7.05 Å². The molecule has 20 heavy (non-hydrogen) atoms. The van der Waals surface area contributed by atoms with Crippen LogP contribution in [-0.4, -0.2) is 62.8 Å². The minimum Gasteiger partial charge on any atom is -0.381 e. The van der Waals surface area contributed by atoms with Gasteiger partial charge in [0.15, 0.2) is 5.96 Å². The maximum Gasteiger partial charge on any atom is 0.193 e. The van der Waals surface area contributed by atoms with Gasteiger partial charge in [0.2, 0.25) is 0 Å². The smallest absolute Gasteiger partial charge is 0.193 e. The summed E-state index contributed by atoms with van der Waals surface area (Å²) in [5.74, 6) is 1.03. The molecule has 2 fully saturated rings. The molecule has 2 N–H and O–H groups in total. The molecule has 2 aliphatic heterocycles. The van der Waals surface area contributed by atoms with Gasteiger partial charge in [-0.05, 0) is 33.6 Å². The van der Waals surface area contributed by atoms with Gasteiger partial charge in [-0.2, -0.15) is 0 Å². The van der Waals surface area contributed by atoms with Gasteiger partial charge in [0.1, 0.15) is 0 Å². The minimum atomic E-state index is 0.171. The molecule has 0 radical (unpaired) electrons. The number of ether oxygens (including phenoxy) is 1. The van der Waals surface area contributed by atoms with Gasteiger partial charge < -0.3 is 20.3 Å². The largest absolute Gasteiger partial charge is 0.381 e. The van der Waals surface area contributed by atoms with Gasteiger partial charge in [0.05, 0.1) is 6.61 Å². The minimum absolute atomic E-state index is 0.171. The molecule has 0 aromatic rings. The fraction of sp³-hybridized carbons (Fsp3) is 0.933. The Morgan fingerprint density at radius 1 is 1.30 bits per heavy atom. The summed E-state index contributed by atoms with van der Waals surface area (Å²) in [5.41, 5.74) is 0.561. The fourth-order valence-electron chi connectivity index (χ4n) is 3.03. The Balaban J connectivity index is 1.76. The van der Waals surface area contributed by atoms with Crippen LogP contribution in [0.5, 0.6) is 0 Å². The molecule has 2 aliphatic rings. The van der Waals surface area contributed by atoms with Crippen LogP contribution >= 0.6 is 0 Å². The number of hydrogen-bond acceptors (Lipinski definition) is 3. The van der Waals surface area contributed by atoms with Gasteiger partial charge in [-0.15, -0.1) is 0 Å². The van der Waals surface area contributed by atoms with Crippen molar-refractivity contribution >= 4 is 5.96 Å². The zero-order valence-corrected chi connectivity index (χ0v) is 13.5. The molecule has 0 aromatic carbocycles. The fourth-order valence-corrected chi connectivity index (χ4v) is 3.03. The molecule has 5 nitrogen and oxygen atoms in total. The van der Waals surface area contributed by atoms with Crippen molar-refractivity contribution in [2.75, 3.05) is 46.4 Å². The van der Waals surface area contributed by atoms with E-state index < -0.39 is 0 Å². The van der Waals surface area contributed by atoms with Crippen LogP contribution in [0.15, 0.2) is 4.99 Å². The Kier molecular flexibility index (Phi) is 4.91. The van der Waals surface area contributed by atoms with Crippen molar-refractivity contribution in [2.45, 2.75) is 39.2 Å². The number of hydrogen-bond donors (Lipinski definition) is 2. The summed E-state index contributed by atoms with van der Waals surface area (Å²) in [4.78, 5) is 6.80. The number of nitrogens with one attached hydrogen (secondary N) is 2. The highest BCUT2D eigenvalue weighted by Gasteiger charge is 2.42. The molecule has 1 unspecified atom stereocenters. The van der Waals surface area contributed by atoms with Crippen molar-refractivity contribution in [3.05, 3.63) is 0 Å². The molecular weight excluding hydrogens is 252 g/mol. The topological polar surface area (TPSA) is 48.9 Å². The first-order chi connectivity index (χ1) is 9.44. The molecule has 2 rings (SSSR count). The van der Waals surface area contributed by atoms with Crippen molar-refractivity contribution in [3.8, 4) is 0 Å². The van der Waals surface area contributed by atoms with E-state index in [1.165, 1.54) is 12.8 Å². The maximum absolute atomic E-state index is 5.58. The lowest BCUT2D eigenvalue weighted by Crippen LogP contribution is -2.46. The van der Waals surface area contributed by atoms with Crippen molar-refractivity contribution in [3.63, 3.8) is 0 Å². The number of likely N-dealkylation sites (tertiary alicyclic amines) is 1. The predicted molar refractivity (Wildman–Crippen MR) is 83.2 cm³/mol. The Morgan fingerprint density at radius 2 is 2.10 bits per heavy atom. The SMILES string of the molecule is CN=C(NCCNC(C)(C)C)N1CCC2(CCOC2)C1. The summed E-state index contributed by atoms with van der Waals surface area (Å²) in [6.45, 7) is 12.4. The van der Waals surface area contributed by atoms with E-state index in [4.69, 9.17) is 4.74 Å². The third-order valence-electron chi connectivity index (χ3n) is 4.20. The second-order valence-electron chi connectivity index (χ2n) is 7.12. The molecule has 0 saturated carbocycles.